The first kappa shape index (κ1) is 15.5. The van der Waals surface area contributed by atoms with Crippen LogP contribution in [0.4, 0.5) is 0 Å². The molecule has 2 heterocycles. The molecular weight excluding hydrogens is 312 g/mol. The summed E-state index contributed by atoms with van der Waals surface area (Å²) >= 11 is 1.34. The van der Waals surface area contributed by atoms with Gasteiger partial charge in [0.25, 0.3) is 5.91 Å². The molecule has 6 heteroatoms. The lowest BCUT2D eigenvalue weighted by atomic mass is 10.1. The summed E-state index contributed by atoms with van der Waals surface area (Å²) in [5.74, 6) is 0.337. The molecular formula is C17H16N2O3S. The number of rotatable bonds is 6. The van der Waals surface area contributed by atoms with Crippen molar-refractivity contribution in [2.24, 2.45) is 0 Å². The first-order chi connectivity index (χ1) is 11.2. The SMILES string of the molecule is O=C(NCC(O)Cc1ccccc1)c1csc(-c2ccco2)n1. The van der Waals surface area contributed by atoms with Crippen molar-refractivity contribution < 1.29 is 14.3 Å². The Labute approximate surface area is 137 Å². The second kappa shape index (κ2) is 7.21. The van der Waals surface area contributed by atoms with Gasteiger partial charge in [-0.3, -0.25) is 4.79 Å². The Hall–Kier alpha value is -2.44. The summed E-state index contributed by atoms with van der Waals surface area (Å²) in [5, 5.41) is 15.0. The van der Waals surface area contributed by atoms with Crippen LogP contribution in [0.25, 0.3) is 10.8 Å². The number of carbonyl (C=O) groups excluding carboxylic acids is 1. The molecule has 1 atom stereocenters. The van der Waals surface area contributed by atoms with Gasteiger partial charge in [0, 0.05) is 18.3 Å². The molecule has 0 aliphatic heterocycles. The minimum atomic E-state index is -0.635. The molecule has 0 bridgehead atoms. The Bertz CT molecular complexity index is 753. The molecule has 118 valence electrons. The molecule has 0 aliphatic carbocycles. The van der Waals surface area contributed by atoms with Gasteiger partial charge in [0.15, 0.2) is 10.8 Å². The van der Waals surface area contributed by atoms with Crippen molar-refractivity contribution in [1.29, 1.82) is 0 Å². The zero-order valence-electron chi connectivity index (χ0n) is 12.3. The number of aliphatic hydroxyl groups excluding tert-OH is 1. The number of furan rings is 1. The van der Waals surface area contributed by atoms with Crippen molar-refractivity contribution in [2.45, 2.75) is 12.5 Å². The standard InChI is InChI=1S/C17H16N2O3S/c20-13(9-12-5-2-1-3-6-12)10-18-16(21)14-11-23-17(19-14)15-7-4-8-22-15/h1-8,11,13,20H,9-10H2,(H,18,21). The maximum atomic E-state index is 12.1. The van der Waals surface area contributed by atoms with Crippen LogP contribution in [0.1, 0.15) is 16.1 Å². The minimum absolute atomic E-state index is 0.182. The van der Waals surface area contributed by atoms with Crippen LogP contribution in [0.3, 0.4) is 0 Å². The Balaban J connectivity index is 1.53. The molecule has 1 amide bonds. The molecule has 0 spiro atoms. The molecule has 2 N–H and O–H groups in total. The molecule has 5 nitrogen and oxygen atoms in total. The van der Waals surface area contributed by atoms with Gasteiger partial charge in [0.1, 0.15) is 5.69 Å². The van der Waals surface area contributed by atoms with Gasteiger partial charge >= 0.3 is 0 Å². The molecule has 0 saturated carbocycles. The average Bonchev–Trinajstić information content (AvgIpc) is 3.24. The van der Waals surface area contributed by atoms with E-state index in [0.717, 1.165) is 5.56 Å². The molecule has 3 rings (SSSR count). The Morgan fingerprint density at radius 1 is 1.26 bits per heavy atom. The number of nitrogens with one attached hydrogen (secondary N) is 1. The number of carbonyl (C=O) groups is 1. The second-order valence-corrected chi connectivity index (χ2v) is 5.93. The van der Waals surface area contributed by atoms with Crippen molar-refractivity contribution in [3.8, 4) is 10.8 Å². The first-order valence-electron chi connectivity index (χ1n) is 7.22. The highest BCUT2D eigenvalue weighted by molar-refractivity contribution is 7.13. The zero-order valence-corrected chi connectivity index (χ0v) is 13.1. The molecule has 0 aliphatic rings. The van der Waals surface area contributed by atoms with Crippen LogP contribution in [0.2, 0.25) is 0 Å². The lowest BCUT2D eigenvalue weighted by molar-refractivity contribution is 0.0912. The van der Waals surface area contributed by atoms with Crippen molar-refractivity contribution in [2.75, 3.05) is 6.54 Å². The van der Waals surface area contributed by atoms with E-state index in [0.29, 0.717) is 22.9 Å². The second-order valence-electron chi connectivity index (χ2n) is 5.07. The maximum absolute atomic E-state index is 12.1. The zero-order chi connectivity index (χ0) is 16.1. The normalized spacial score (nSPS) is 12.0. The number of aliphatic hydroxyl groups is 1. The van der Waals surface area contributed by atoms with Gasteiger partial charge in [-0.25, -0.2) is 4.98 Å². The Morgan fingerprint density at radius 3 is 2.83 bits per heavy atom. The lowest BCUT2D eigenvalue weighted by Crippen LogP contribution is -2.33. The highest BCUT2D eigenvalue weighted by Gasteiger charge is 2.14. The predicted molar refractivity (Wildman–Crippen MR) is 88.3 cm³/mol. The van der Waals surface area contributed by atoms with Crippen LogP contribution in [-0.2, 0) is 6.42 Å². The molecule has 0 fully saturated rings. The fourth-order valence-corrected chi connectivity index (χ4v) is 2.92. The van der Waals surface area contributed by atoms with Gasteiger partial charge in [-0.1, -0.05) is 30.3 Å². The van der Waals surface area contributed by atoms with E-state index in [1.165, 1.54) is 11.3 Å². The third-order valence-electron chi connectivity index (χ3n) is 3.28. The number of aromatic nitrogens is 1. The molecule has 1 unspecified atom stereocenters. The van der Waals surface area contributed by atoms with E-state index >= 15 is 0 Å². The van der Waals surface area contributed by atoms with Gasteiger partial charge in [0.05, 0.1) is 12.4 Å². The molecule has 0 saturated heterocycles. The van der Waals surface area contributed by atoms with Gasteiger partial charge in [-0.05, 0) is 17.7 Å². The summed E-state index contributed by atoms with van der Waals surface area (Å²) in [5.41, 5.74) is 1.36. The Kier molecular flexibility index (Phi) is 4.85. The molecule has 2 aromatic heterocycles. The van der Waals surface area contributed by atoms with Crippen molar-refractivity contribution in [1.82, 2.24) is 10.3 Å². The number of hydrogen-bond acceptors (Lipinski definition) is 5. The van der Waals surface area contributed by atoms with Crippen molar-refractivity contribution >= 4 is 17.2 Å². The van der Waals surface area contributed by atoms with Crippen LogP contribution in [0.15, 0.2) is 58.5 Å². The van der Waals surface area contributed by atoms with E-state index in [9.17, 15) is 9.90 Å². The summed E-state index contributed by atoms with van der Waals surface area (Å²) in [7, 11) is 0. The van der Waals surface area contributed by atoms with E-state index in [-0.39, 0.29) is 12.5 Å². The molecule has 1 aromatic carbocycles. The van der Waals surface area contributed by atoms with Crippen LogP contribution in [-0.4, -0.2) is 28.6 Å². The van der Waals surface area contributed by atoms with Crippen LogP contribution < -0.4 is 5.32 Å². The quantitative estimate of drug-likeness (QED) is 0.729. The van der Waals surface area contributed by atoms with Gasteiger partial charge < -0.3 is 14.8 Å². The molecule has 0 radical (unpaired) electrons. The van der Waals surface area contributed by atoms with Crippen LogP contribution in [0.5, 0.6) is 0 Å². The fourth-order valence-electron chi connectivity index (χ4n) is 2.15. The van der Waals surface area contributed by atoms with Crippen LogP contribution >= 0.6 is 11.3 Å². The summed E-state index contributed by atoms with van der Waals surface area (Å²) in [6, 6.07) is 13.2. The molecule has 3 aromatic rings. The number of thiazole rings is 1. The van der Waals surface area contributed by atoms with E-state index in [1.807, 2.05) is 30.3 Å². The van der Waals surface area contributed by atoms with Crippen molar-refractivity contribution in [3.05, 3.63) is 65.4 Å². The van der Waals surface area contributed by atoms with Gasteiger partial charge in [-0.2, -0.15) is 0 Å². The average molecular weight is 328 g/mol. The fraction of sp³-hybridized carbons (Fsp3) is 0.176. The number of benzene rings is 1. The topological polar surface area (TPSA) is 75.4 Å². The van der Waals surface area contributed by atoms with Crippen molar-refractivity contribution in [3.63, 3.8) is 0 Å². The number of nitrogens with zero attached hydrogens (tertiary/aromatic N) is 1. The summed E-state index contributed by atoms with van der Waals surface area (Å²) in [6.07, 6.45) is 1.43. The Morgan fingerprint density at radius 2 is 2.09 bits per heavy atom. The van der Waals surface area contributed by atoms with E-state index in [4.69, 9.17) is 4.42 Å². The van der Waals surface area contributed by atoms with E-state index in [2.05, 4.69) is 10.3 Å². The van der Waals surface area contributed by atoms with E-state index < -0.39 is 6.10 Å². The van der Waals surface area contributed by atoms with E-state index in [1.54, 1.807) is 23.8 Å². The first-order valence-corrected chi connectivity index (χ1v) is 8.10. The summed E-state index contributed by atoms with van der Waals surface area (Å²) in [6.45, 7) is 0.182. The highest BCUT2D eigenvalue weighted by Crippen LogP contribution is 2.23. The van der Waals surface area contributed by atoms with Crippen LogP contribution in [0, 0.1) is 0 Å². The third kappa shape index (κ3) is 4.06. The maximum Gasteiger partial charge on any atom is 0.270 e. The monoisotopic (exact) mass is 328 g/mol. The third-order valence-corrected chi connectivity index (χ3v) is 4.14. The van der Waals surface area contributed by atoms with Gasteiger partial charge in [0.2, 0.25) is 0 Å². The lowest BCUT2D eigenvalue weighted by Gasteiger charge is -2.11. The predicted octanol–water partition coefficient (Wildman–Crippen LogP) is 2.74. The van der Waals surface area contributed by atoms with Gasteiger partial charge in [-0.15, -0.1) is 11.3 Å². The highest BCUT2D eigenvalue weighted by atomic mass is 32.1. The smallest absolute Gasteiger partial charge is 0.270 e. The summed E-state index contributed by atoms with van der Waals surface area (Å²) < 4.78 is 5.25. The largest absolute Gasteiger partial charge is 0.462 e. The molecule has 23 heavy (non-hydrogen) atoms. The minimum Gasteiger partial charge on any atom is -0.462 e. The number of hydrogen-bond donors (Lipinski definition) is 2. The summed E-state index contributed by atoms with van der Waals surface area (Å²) in [4.78, 5) is 16.3. The number of amides is 1.